The summed E-state index contributed by atoms with van der Waals surface area (Å²) < 4.78 is 40.7. The average molecular weight is 343 g/mol. The highest BCUT2D eigenvalue weighted by Gasteiger charge is 2.38. The Bertz CT molecular complexity index is 738. The van der Waals surface area contributed by atoms with E-state index < -0.39 is 18.0 Å². The third-order valence-electron chi connectivity index (χ3n) is 3.75. The van der Waals surface area contributed by atoms with E-state index in [9.17, 15) is 18.0 Å². The second-order valence-electron chi connectivity index (χ2n) is 5.71. The van der Waals surface area contributed by atoms with Gasteiger partial charge >= 0.3 is 6.18 Å². The van der Waals surface area contributed by atoms with Crippen molar-refractivity contribution in [3.05, 3.63) is 29.6 Å². The van der Waals surface area contributed by atoms with E-state index in [1.807, 2.05) is 0 Å². The molecule has 0 aliphatic carbocycles. The number of amides is 1. The number of rotatable bonds is 5. The molecule has 0 radical (unpaired) electrons. The highest BCUT2D eigenvalue weighted by atomic mass is 19.4. The topological polar surface area (TPSA) is 58.4 Å². The molecule has 1 aromatic carbocycles. The molecule has 1 amide bonds. The number of aromatic nitrogens is 2. The van der Waals surface area contributed by atoms with Crippen molar-refractivity contribution < 1.29 is 23.1 Å². The van der Waals surface area contributed by atoms with Gasteiger partial charge in [-0.05, 0) is 39.0 Å². The third kappa shape index (κ3) is 3.38. The molecule has 0 atom stereocenters. The molecule has 8 heteroatoms. The van der Waals surface area contributed by atoms with Crippen LogP contribution in [-0.2, 0) is 6.18 Å². The number of aliphatic hydroxyl groups excluding tert-OH is 1. The van der Waals surface area contributed by atoms with Gasteiger partial charge in [0.25, 0.3) is 5.91 Å². The first-order valence-corrected chi connectivity index (χ1v) is 7.70. The van der Waals surface area contributed by atoms with Crippen molar-refractivity contribution in [2.45, 2.75) is 33.0 Å². The van der Waals surface area contributed by atoms with Crippen molar-refractivity contribution in [3.8, 4) is 0 Å². The van der Waals surface area contributed by atoms with Gasteiger partial charge in [-0.15, -0.1) is 0 Å². The molecule has 0 aliphatic heterocycles. The molecule has 0 unspecified atom stereocenters. The molecule has 2 rings (SSSR count). The minimum atomic E-state index is -4.57. The zero-order chi connectivity index (χ0) is 18.1. The molecule has 0 spiro atoms. The van der Waals surface area contributed by atoms with E-state index >= 15 is 0 Å². The Morgan fingerprint density at radius 3 is 2.54 bits per heavy atom. The van der Waals surface area contributed by atoms with Gasteiger partial charge in [0.2, 0.25) is 5.82 Å². The van der Waals surface area contributed by atoms with Crippen LogP contribution >= 0.6 is 0 Å². The number of nitrogens with zero attached hydrogens (tertiary/aromatic N) is 3. The van der Waals surface area contributed by atoms with Gasteiger partial charge in [-0.1, -0.05) is 0 Å². The number of carbonyl (C=O) groups excluding carboxylic acids is 1. The summed E-state index contributed by atoms with van der Waals surface area (Å²) >= 11 is 0. The Morgan fingerprint density at radius 2 is 2.04 bits per heavy atom. The van der Waals surface area contributed by atoms with Crippen LogP contribution in [0, 0.1) is 0 Å². The van der Waals surface area contributed by atoms with E-state index in [-0.39, 0.29) is 30.1 Å². The maximum atomic E-state index is 13.2. The zero-order valence-corrected chi connectivity index (χ0v) is 13.8. The Kier molecular flexibility index (Phi) is 5.17. The summed E-state index contributed by atoms with van der Waals surface area (Å²) in [5.41, 5.74) is 0.709. The lowest BCUT2D eigenvalue weighted by atomic mass is 10.1. The van der Waals surface area contributed by atoms with Crippen LogP contribution in [0.25, 0.3) is 11.0 Å². The molecule has 0 fully saturated rings. The molecule has 24 heavy (non-hydrogen) atoms. The molecule has 1 heterocycles. The second-order valence-corrected chi connectivity index (χ2v) is 5.71. The van der Waals surface area contributed by atoms with Gasteiger partial charge in [0.05, 0.1) is 17.6 Å². The lowest BCUT2D eigenvalue weighted by Gasteiger charge is -2.19. The van der Waals surface area contributed by atoms with E-state index in [0.29, 0.717) is 12.1 Å². The molecule has 1 N–H and O–H groups in total. The number of imidazole rings is 1. The van der Waals surface area contributed by atoms with Crippen molar-refractivity contribution in [2.24, 2.45) is 0 Å². The maximum absolute atomic E-state index is 13.2. The fraction of sp³-hybridized carbons (Fsp3) is 0.500. The quantitative estimate of drug-likeness (QED) is 0.908. The normalized spacial score (nSPS) is 12.2. The van der Waals surface area contributed by atoms with Gasteiger partial charge in [-0.3, -0.25) is 4.79 Å². The van der Waals surface area contributed by atoms with E-state index in [1.54, 1.807) is 20.8 Å². The zero-order valence-electron chi connectivity index (χ0n) is 13.8. The first-order valence-electron chi connectivity index (χ1n) is 7.70. The number of hydrogen-bond donors (Lipinski definition) is 1. The first kappa shape index (κ1) is 18.3. The van der Waals surface area contributed by atoms with Gasteiger partial charge in [0.15, 0.2) is 0 Å². The highest BCUT2D eigenvalue weighted by Crippen LogP contribution is 2.34. The van der Waals surface area contributed by atoms with Gasteiger partial charge in [0, 0.05) is 24.7 Å². The summed E-state index contributed by atoms with van der Waals surface area (Å²) in [6.45, 7) is 5.45. The fourth-order valence-corrected chi connectivity index (χ4v) is 2.66. The SMILES string of the molecule is CCN(CCO)C(=O)c1ccc2c(c1)nc(C(F)(F)F)n2C(C)C. The van der Waals surface area contributed by atoms with Crippen LogP contribution < -0.4 is 0 Å². The molecular weight excluding hydrogens is 323 g/mol. The van der Waals surface area contributed by atoms with Crippen LogP contribution in [-0.4, -0.2) is 45.2 Å². The van der Waals surface area contributed by atoms with E-state index in [2.05, 4.69) is 4.98 Å². The summed E-state index contributed by atoms with van der Waals surface area (Å²) in [6.07, 6.45) is -4.57. The Hall–Kier alpha value is -2.09. The molecule has 0 bridgehead atoms. The van der Waals surface area contributed by atoms with Gasteiger partial charge in [-0.2, -0.15) is 13.2 Å². The van der Waals surface area contributed by atoms with Crippen LogP contribution in [0.3, 0.4) is 0 Å². The minimum Gasteiger partial charge on any atom is -0.395 e. The molecule has 0 aliphatic rings. The van der Waals surface area contributed by atoms with Gasteiger partial charge in [-0.25, -0.2) is 4.98 Å². The fourth-order valence-electron chi connectivity index (χ4n) is 2.66. The number of carbonyl (C=O) groups is 1. The monoisotopic (exact) mass is 343 g/mol. The van der Waals surface area contributed by atoms with Crippen LogP contribution in [0.15, 0.2) is 18.2 Å². The Morgan fingerprint density at radius 1 is 1.38 bits per heavy atom. The molecular formula is C16H20F3N3O2. The predicted octanol–water partition coefficient (Wildman–Crippen LogP) is 3.09. The number of benzene rings is 1. The molecule has 132 valence electrons. The Labute approximate surface area is 137 Å². The maximum Gasteiger partial charge on any atom is 0.449 e. The first-order chi connectivity index (χ1) is 11.2. The van der Waals surface area contributed by atoms with Crippen molar-refractivity contribution in [3.63, 3.8) is 0 Å². The van der Waals surface area contributed by atoms with Crippen LogP contribution in [0.5, 0.6) is 0 Å². The Balaban J connectivity index is 2.54. The minimum absolute atomic E-state index is 0.127. The van der Waals surface area contributed by atoms with Crippen molar-refractivity contribution in [1.82, 2.24) is 14.5 Å². The van der Waals surface area contributed by atoms with Crippen molar-refractivity contribution in [1.29, 1.82) is 0 Å². The highest BCUT2D eigenvalue weighted by molar-refractivity contribution is 5.97. The summed E-state index contributed by atoms with van der Waals surface area (Å²) in [5.74, 6) is -1.32. The second kappa shape index (κ2) is 6.80. The standard InChI is InChI=1S/C16H20F3N3O2/c1-4-21(7-8-23)14(24)11-5-6-13-12(9-11)20-15(16(17,18)19)22(13)10(2)3/h5-6,9-10,23H,4,7-8H2,1-3H3. The summed E-state index contributed by atoms with van der Waals surface area (Å²) in [7, 11) is 0. The van der Waals surface area contributed by atoms with Crippen molar-refractivity contribution >= 4 is 16.9 Å². The van der Waals surface area contributed by atoms with Crippen LogP contribution in [0.1, 0.15) is 43.0 Å². The molecule has 1 aromatic heterocycles. The molecule has 2 aromatic rings. The predicted molar refractivity (Wildman–Crippen MR) is 83.8 cm³/mol. The van der Waals surface area contributed by atoms with Crippen LogP contribution in [0.2, 0.25) is 0 Å². The largest absolute Gasteiger partial charge is 0.449 e. The van der Waals surface area contributed by atoms with Gasteiger partial charge in [0.1, 0.15) is 0 Å². The van der Waals surface area contributed by atoms with Crippen molar-refractivity contribution in [2.75, 3.05) is 19.7 Å². The number of aliphatic hydroxyl groups is 1. The lowest BCUT2D eigenvalue weighted by molar-refractivity contribution is -0.147. The lowest BCUT2D eigenvalue weighted by Crippen LogP contribution is -2.33. The van der Waals surface area contributed by atoms with E-state index in [0.717, 1.165) is 4.57 Å². The molecule has 0 saturated heterocycles. The average Bonchev–Trinajstić information content (AvgIpc) is 2.90. The number of alkyl halides is 3. The summed E-state index contributed by atoms with van der Waals surface area (Å²) in [4.78, 5) is 17.5. The summed E-state index contributed by atoms with van der Waals surface area (Å²) in [6, 6.07) is 3.92. The van der Waals surface area contributed by atoms with Crippen LogP contribution in [0.4, 0.5) is 13.2 Å². The smallest absolute Gasteiger partial charge is 0.395 e. The van der Waals surface area contributed by atoms with E-state index in [4.69, 9.17) is 5.11 Å². The molecule has 5 nitrogen and oxygen atoms in total. The number of fused-ring (bicyclic) bond motifs is 1. The summed E-state index contributed by atoms with van der Waals surface area (Å²) in [5, 5.41) is 8.99. The third-order valence-corrected chi connectivity index (χ3v) is 3.75. The van der Waals surface area contributed by atoms with E-state index in [1.165, 1.54) is 23.1 Å². The number of likely N-dealkylation sites (N-methyl/N-ethyl adjacent to an activating group) is 1. The number of hydrogen-bond acceptors (Lipinski definition) is 3. The molecule has 0 saturated carbocycles. The number of halogens is 3. The van der Waals surface area contributed by atoms with Gasteiger partial charge < -0.3 is 14.6 Å².